The van der Waals surface area contributed by atoms with E-state index in [1.165, 1.54) is 5.56 Å². The molecule has 0 spiro atoms. The molecule has 3 rings (SSSR count). The molecule has 3 aromatic rings. The summed E-state index contributed by atoms with van der Waals surface area (Å²) in [5.41, 5.74) is 2.74. The second-order valence-electron chi connectivity index (χ2n) is 8.07. The van der Waals surface area contributed by atoms with Crippen LogP contribution < -0.4 is 5.32 Å². The minimum absolute atomic E-state index is 0.0505. The van der Waals surface area contributed by atoms with Crippen LogP contribution in [0.5, 0.6) is 0 Å². The SMILES string of the molecule is CCCSc1nnc(CNC(=O)c2ccc(C(C)(C)C)cc2)n1-c1cccc(Cl)c1. The highest BCUT2D eigenvalue weighted by atomic mass is 35.5. The van der Waals surface area contributed by atoms with Crippen LogP contribution in [0.2, 0.25) is 5.02 Å². The molecule has 0 bridgehead atoms. The Balaban J connectivity index is 1.79. The number of aromatic nitrogens is 3. The maximum absolute atomic E-state index is 12.7. The van der Waals surface area contributed by atoms with Crippen LogP contribution in [0.15, 0.2) is 53.7 Å². The summed E-state index contributed by atoms with van der Waals surface area (Å²) in [6, 6.07) is 15.3. The minimum atomic E-state index is -0.140. The monoisotopic (exact) mass is 442 g/mol. The Morgan fingerprint density at radius 3 is 2.50 bits per heavy atom. The molecule has 0 saturated heterocycles. The van der Waals surface area contributed by atoms with Crippen LogP contribution in [-0.4, -0.2) is 26.4 Å². The van der Waals surface area contributed by atoms with Crippen LogP contribution in [-0.2, 0) is 12.0 Å². The first-order valence-electron chi connectivity index (χ1n) is 10.0. The van der Waals surface area contributed by atoms with Gasteiger partial charge in [-0.2, -0.15) is 0 Å². The summed E-state index contributed by atoms with van der Waals surface area (Å²) >= 11 is 7.83. The van der Waals surface area contributed by atoms with E-state index in [1.54, 1.807) is 11.8 Å². The standard InChI is InChI=1S/C23H27ClN4OS/c1-5-13-30-22-27-26-20(28(22)19-8-6-7-18(24)14-19)15-25-21(29)16-9-11-17(12-10-16)23(2,3)4/h6-12,14H,5,13,15H2,1-4H3,(H,25,29). The summed E-state index contributed by atoms with van der Waals surface area (Å²) in [4.78, 5) is 12.7. The van der Waals surface area contributed by atoms with Gasteiger partial charge in [-0.1, -0.05) is 69.3 Å². The van der Waals surface area contributed by atoms with Gasteiger partial charge in [0.05, 0.1) is 12.2 Å². The largest absolute Gasteiger partial charge is 0.345 e. The lowest BCUT2D eigenvalue weighted by Crippen LogP contribution is -2.25. The van der Waals surface area contributed by atoms with Gasteiger partial charge in [-0.05, 0) is 47.7 Å². The van der Waals surface area contributed by atoms with E-state index in [4.69, 9.17) is 11.6 Å². The van der Waals surface area contributed by atoms with E-state index in [1.807, 2.05) is 53.1 Å². The lowest BCUT2D eigenvalue weighted by Gasteiger charge is -2.19. The Labute approximate surface area is 187 Å². The van der Waals surface area contributed by atoms with Crippen molar-refractivity contribution in [2.24, 2.45) is 0 Å². The van der Waals surface area contributed by atoms with E-state index in [0.29, 0.717) is 16.4 Å². The smallest absolute Gasteiger partial charge is 0.251 e. The van der Waals surface area contributed by atoms with Gasteiger partial charge in [-0.25, -0.2) is 0 Å². The van der Waals surface area contributed by atoms with Crippen LogP contribution in [0.4, 0.5) is 0 Å². The summed E-state index contributed by atoms with van der Waals surface area (Å²) < 4.78 is 1.95. The number of carbonyl (C=O) groups excluding carboxylic acids is 1. The lowest BCUT2D eigenvalue weighted by molar-refractivity contribution is 0.0949. The maximum Gasteiger partial charge on any atom is 0.251 e. The van der Waals surface area contributed by atoms with Crippen molar-refractivity contribution in [3.8, 4) is 5.69 Å². The van der Waals surface area contributed by atoms with E-state index in [9.17, 15) is 4.79 Å². The van der Waals surface area contributed by atoms with Crippen LogP contribution in [0, 0.1) is 0 Å². The number of nitrogens with one attached hydrogen (secondary N) is 1. The molecule has 0 aliphatic rings. The van der Waals surface area contributed by atoms with Crippen molar-refractivity contribution in [2.45, 2.75) is 51.2 Å². The summed E-state index contributed by atoms with van der Waals surface area (Å²) in [5.74, 6) is 1.46. The zero-order chi connectivity index (χ0) is 21.7. The maximum atomic E-state index is 12.7. The predicted molar refractivity (Wildman–Crippen MR) is 124 cm³/mol. The molecule has 0 unspecified atom stereocenters. The molecule has 1 heterocycles. The highest BCUT2D eigenvalue weighted by Gasteiger charge is 2.17. The van der Waals surface area contributed by atoms with Crippen molar-refractivity contribution in [3.05, 3.63) is 70.5 Å². The minimum Gasteiger partial charge on any atom is -0.345 e. The number of hydrogen-bond acceptors (Lipinski definition) is 4. The van der Waals surface area contributed by atoms with E-state index in [-0.39, 0.29) is 17.9 Å². The molecule has 0 aliphatic heterocycles. The fourth-order valence-electron chi connectivity index (χ4n) is 2.96. The van der Waals surface area contributed by atoms with Crippen molar-refractivity contribution >= 4 is 29.3 Å². The molecular formula is C23H27ClN4OS. The molecule has 5 nitrogen and oxygen atoms in total. The van der Waals surface area contributed by atoms with E-state index >= 15 is 0 Å². The van der Waals surface area contributed by atoms with Crippen LogP contribution in [0.1, 0.15) is 55.9 Å². The van der Waals surface area contributed by atoms with Crippen molar-refractivity contribution in [3.63, 3.8) is 0 Å². The van der Waals surface area contributed by atoms with Gasteiger partial charge in [0.2, 0.25) is 0 Å². The molecule has 0 fully saturated rings. The first-order valence-corrected chi connectivity index (χ1v) is 11.4. The molecule has 1 aromatic heterocycles. The van der Waals surface area contributed by atoms with E-state index in [0.717, 1.165) is 23.0 Å². The van der Waals surface area contributed by atoms with Crippen LogP contribution in [0.3, 0.4) is 0 Å². The van der Waals surface area contributed by atoms with Crippen LogP contribution in [0.25, 0.3) is 5.69 Å². The molecule has 1 amide bonds. The topological polar surface area (TPSA) is 59.8 Å². The molecule has 158 valence electrons. The van der Waals surface area contributed by atoms with E-state index in [2.05, 4.69) is 43.2 Å². The molecule has 0 aliphatic carbocycles. The van der Waals surface area contributed by atoms with E-state index < -0.39 is 0 Å². The fraction of sp³-hybridized carbons (Fsp3) is 0.348. The summed E-state index contributed by atoms with van der Waals surface area (Å²) in [6.45, 7) is 8.85. The third-order valence-electron chi connectivity index (χ3n) is 4.62. The van der Waals surface area contributed by atoms with Crippen molar-refractivity contribution < 1.29 is 4.79 Å². The van der Waals surface area contributed by atoms with Crippen molar-refractivity contribution in [1.82, 2.24) is 20.1 Å². The molecule has 0 saturated carbocycles. The second-order valence-corrected chi connectivity index (χ2v) is 9.57. The molecule has 1 N–H and O–H groups in total. The zero-order valence-electron chi connectivity index (χ0n) is 17.8. The number of benzene rings is 2. The summed E-state index contributed by atoms with van der Waals surface area (Å²) in [7, 11) is 0. The molecule has 2 aromatic carbocycles. The second kappa shape index (κ2) is 9.67. The highest BCUT2D eigenvalue weighted by Crippen LogP contribution is 2.25. The zero-order valence-corrected chi connectivity index (χ0v) is 19.3. The number of hydrogen-bond donors (Lipinski definition) is 1. The summed E-state index contributed by atoms with van der Waals surface area (Å²) in [6.07, 6.45) is 1.03. The average molecular weight is 443 g/mol. The number of thioether (sulfide) groups is 1. The first kappa shape index (κ1) is 22.4. The average Bonchev–Trinajstić information content (AvgIpc) is 3.12. The molecule has 0 atom stereocenters. The highest BCUT2D eigenvalue weighted by molar-refractivity contribution is 7.99. The van der Waals surface area contributed by atoms with Gasteiger partial charge in [0.1, 0.15) is 0 Å². The Morgan fingerprint density at radius 2 is 1.87 bits per heavy atom. The Hall–Kier alpha value is -2.31. The number of carbonyl (C=O) groups is 1. The Morgan fingerprint density at radius 1 is 1.13 bits per heavy atom. The number of rotatable bonds is 7. The van der Waals surface area contributed by atoms with Gasteiger partial charge in [0, 0.05) is 16.3 Å². The summed E-state index contributed by atoms with van der Waals surface area (Å²) in [5, 5.41) is 13.0. The molecule has 30 heavy (non-hydrogen) atoms. The molecule has 0 radical (unpaired) electrons. The first-order chi connectivity index (χ1) is 14.3. The predicted octanol–water partition coefficient (Wildman–Crippen LogP) is 5.65. The van der Waals surface area contributed by atoms with Crippen molar-refractivity contribution in [1.29, 1.82) is 0 Å². The fourth-order valence-corrected chi connectivity index (χ4v) is 3.97. The number of nitrogens with zero attached hydrogens (tertiary/aromatic N) is 3. The van der Waals surface area contributed by atoms with Gasteiger partial charge < -0.3 is 5.32 Å². The lowest BCUT2D eigenvalue weighted by atomic mass is 9.87. The van der Waals surface area contributed by atoms with Crippen molar-refractivity contribution in [2.75, 3.05) is 5.75 Å². The Kier molecular flexibility index (Phi) is 7.21. The van der Waals surface area contributed by atoms with Gasteiger partial charge in [0.25, 0.3) is 5.91 Å². The van der Waals surface area contributed by atoms with Gasteiger partial charge in [-0.3, -0.25) is 9.36 Å². The third kappa shape index (κ3) is 5.43. The number of amides is 1. The van der Waals surface area contributed by atoms with Gasteiger partial charge >= 0.3 is 0 Å². The Bertz CT molecular complexity index is 1010. The molecular weight excluding hydrogens is 416 g/mol. The van der Waals surface area contributed by atoms with Gasteiger partial charge in [-0.15, -0.1) is 10.2 Å². The normalized spacial score (nSPS) is 11.5. The van der Waals surface area contributed by atoms with Gasteiger partial charge in [0.15, 0.2) is 11.0 Å². The third-order valence-corrected chi connectivity index (χ3v) is 5.99. The quantitative estimate of drug-likeness (QED) is 0.480. The molecule has 7 heteroatoms. The van der Waals surface area contributed by atoms with Crippen LogP contribution >= 0.6 is 23.4 Å². The number of halogens is 1.